The lowest BCUT2D eigenvalue weighted by Gasteiger charge is -2.36. The van der Waals surface area contributed by atoms with Gasteiger partial charge in [0.25, 0.3) is 0 Å². The number of nitrogens with one attached hydrogen (secondary N) is 1. The van der Waals surface area contributed by atoms with Crippen LogP contribution in [0.2, 0.25) is 18.1 Å². The van der Waals surface area contributed by atoms with Gasteiger partial charge in [-0.3, -0.25) is 0 Å². The Kier molecular flexibility index (Phi) is 3.23. The van der Waals surface area contributed by atoms with Gasteiger partial charge in [0.05, 0.1) is 0 Å². The van der Waals surface area contributed by atoms with Crippen LogP contribution < -0.4 is 5.32 Å². The summed E-state index contributed by atoms with van der Waals surface area (Å²) in [5, 5.41) is 3.81. The molecule has 2 fully saturated rings. The van der Waals surface area contributed by atoms with Crippen LogP contribution in [-0.4, -0.2) is 28.0 Å². The van der Waals surface area contributed by atoms with Crippen LogP contribution in [0, 0.1) is 17.8 Å². The quantitative estimate of drug-likeness (QED) is 0.764. The third-order valence-corrected chi connectivity index (χ3v) is 9.53. The molecule has 0 aromatic rings. The van der Waals surface area contributed by atoms with E-state index in [1.54, 1.807) is 0 Å². The first-order valence-electron chi connectivity index (χ1n) is 6.67. The van der Waals surface area contributed by atoms with E-state index in [9.17, 15) is 0 Å². The smallest absolute Gasteiger partial charge is 0.191 e. The van der Waals surface area contributed by atoms with Crippen molar-refractivity contribution in [3.05, 3.63) is 0 Å². The van der Waals surface area contributed by atoms with Gasteiger partial charge in [0, 0.05) is 6.61 Å². The molecule has 2 rings (SSSR count). The van der Waals surface area contributed by atoms with E-state index in [-0.39, 0.29) is 0 Å². The Bertz CT molecular complexity index is 249. The summed E-state index contributed by atoms with van der Waals surface area (Å²) in [6, 6.07) is 0. The summed E-state index contributed by atoms with van der Waals surface area (Å²) in [6.07, 6.45) is 1.30. The molecule has 0 amide bonds. The standard InChI is InChI=1S/C13H27NOSi/c1-13(2,3)16(4,5)15-7-6-10-11-8-14-9-12(10)11/h10-12,14H,6-9H2,1-5H3. The minimum atomic E-state index is -1.50. The van der Waals surface area contributed by atoms with E-state index in [1.807, 2.05) is 0 Å². The highest BCUT2D eigenvalue weighted by Gasteiger charge is 2.52. The number of hydrogen-bond acceptors (Lipinski definition) is 2. The van der Waals surface area contributed by atoms with Crippen molar-refractivity contribution in [3.63, 3.8) is 0 Å². The molecule has 16 heavy (non-hydrogen) atoms. The summed E-state index contributed by atoms with van der Waals surface area (Å²) in [6.45, 7) is 15.2. The zero-order valence-corrected chi connectivity index (χ0v) is 12.5. The lowest BCUT2D eigenvalue weighted by Crippen LogP contribution is -2.41. The summed E-state index contributed by atoms with van der Waals surface area (Å²) < 4.78 is 6.23. The Hall–Kier alpha value is 0.137. The maximum absolute atomic E-state index is 6.23. The second kappa shape index (κ2) is 4.11. The topological polar surface area (TPSA) is 21.3 Å². The van der Waals surface area contributed by atoms with Crippen molar-refractivity contribution in [2.45, 2.75) is 45.3 Å². The fourth-order valence-corrected chi connectivity index (χ4v) is 3.70. The summed E-state index contributed by atoms with van der Waals surface area (Å²) in [7, 11) is -1.50. The first-order chi connectivity index (χ1) is 7.33. The fraction of sp³-hybridized carbons (Fsp3) is 1.00. The van der Waals surface area contributed by atoms with Gasteiger partial charge >= 0.3 is 0 Å². The van der Waals surface area contributed by atoms with Crippen molar-refractivity contribution < 1.29 is 4.43 Å². The van der Waals surface area contributed by atoms with Gasteiger partial charge in [0.2, 0.25) is 0 Å². The van der Waals surface area contributed by atoms with Gasteiger partial charge in [-0.15, -0.1) is 0 Å². The predicted molar refractivity (Wildman–Crippen MR) is 71.1 cm³/mol. The van der Waals surface area contributed by atoms with E-state index in [2.05, 4.69) is 39.2 Å². The normalized spacial score (nSPS) is 33.9. The maximum Gasteiger partial charge on any atom is 0.191 e. The van der Waals surface area contributed by atoms with Crippen LogP contribution in [0.5, 0.6) is 0 Å². The van der Waals surface area contributed by atoms with E-state index >= 15 is 0 Å². The Morgan fingerprint density at radius 3 is 2.25 bits per heavy atom. The summed E-state index contributed by atoms with van der Waals surface area (Å²) >= 11 is 0. The van der Waals surface area contributed by atoms with Gasteiger partial charge in [-0.25, -0.2) is 0 Å². The third kappa shape index (κ3) is 2.36. The molecule has 0 spiro atoms. The molecule has 0 bridgehead atoms. The molecule has 94 valence electrons. The van der Waals surface area contributed by atoms with Gasteiger partial charge in [-0.1, -0.05) is 20.8 Å². The monoisotopic (exact) mass is 241 g/mol. The van der Waals surface area contributed by atoms with Crippen LogP contribution in [0.25, 0.3) is 0 Å². The zero-order valence-electron chi connectivity index (χ0n) is 11.5. The molecule has 0 aromatic heterocycles. The van der Waals surface area contributed by atoms with Gasteiger partial charge < -0.3 is 9.74 Å². The molecular weight excluding hydrogens is 214 g/mol. The summed E-state index contributed by atoms with van der Waals surface area (Å²) in [5.74, 6) is 2.96. The van der Waals surface area contributed by atoms with Crippen molar-refractivity contribution in [1.29, 1.82) is 0 Å². The van der Waals surface area contributed by atoms with Crippen molar-refractivity contribution in [3.8, 4) is 0 Å². The van der Waals surface area contributed by atoms with Crippen molar-refractivity contribution in [2.75, 3.05) is 19.7 Å². The Morgan fingerprint density at radius 1 is 1.19 bits per heavy atom. The average Bonchev–Trinajstić information content (AvgIpc) is 2.57. The van der Waals surface area contributed by atoms with Crippen LogP contribution in [-0.2, 0) is 4.43 Å². The van der Waals surface area contributed by atoms with Gasteiger partial charge in [-0.05, 0) is 55.4 Å². The SMILES string of the molecule is CC(C)(C)[Si](C)(C)OCCC1C2CNCC12. The Morgan fingerprint density at radius 2 is 1.75 bits per heavy atom. The number of fused-ring (bicyclic) bond motifs is 1. The molecule has 1 aliphatic carbocycles. The minimum Gasteiger partial charge on any atom is -0.417 e. The fourth-order valence-electron chi connectivity index (χ4n) is 2.64. The second-order valence-electron chi connectivity index (χ2n) is 7.05. The molecule has 0 radical (unpaired) electrons. The highest BCUT2D eigenvalue weighted by atomic mass is 28.4. The molecule has 2 unspecified atom stereocenters. The molecule has 2 aliphatic rings. The van der Waals surface area contributed by atoms with Crippen molar-refractivity contribution >= 4 is 8.32 Å². The molecular formula is C13H27NOSi. The molecule has 1 N–H and O–H groups in total. The lowest BCUT2D eigenvalue weighted by atomic mass is 10.2. The van der Waals surface area contributed by atoms with E-state index in [0.29, 0.717) is 5.04 Å². The van der Waals surface area contributed by atoms with Crippen LogP contribution >= 0.6 is 0 Å². The average molecular weight is 241 g/mol. The van der Waals surface area contributed by atoms with Crippen LogP contribution in [0.15, 0.2) is 0 Å². The molecule has 1 saturated carbocycles. The highest BCUT2D eigenvalue weighted by Crippen LogP contribution is 2.50. The minimum absolute atomic E-state index is 0.355. The molecule has 2 atom stereocenters. The predicted octanol–water partition coefficient (Wildman–Crippen LogP) is 2.86. The van der Waals surface area contributed by atoms with E-state index in [1.165, 1.54) is 19.5 Å². The maximum atomic E-state index is 6.23. The third-order valence-electron chi connectivity index (χ3n) is 4.99. The van der Waals surface area contributed by atoms with Crippen LogP contribution in [0.4, 0.5) is 0 Å². The van der Waals surface area contributed by atoms with Gasteiger partial charge in [-0.2, -0.15) is 0 Å². The summed E-state index contributed by atoms with van der Waals surface area (Å²) in [5.41, 5.74) is 0. The Balaban J connectivity index is 1.69. The first-order valence-corrected chi connectivity index (χ1v) is 9.58. The van der Waals surface area contributed by atoms with Crippen LogP contribution in [0.1, 0.15) is 27.2 Å². The summed E-state index contributed by atoms with van der Waals surface area (Å²) in [4.78, 5) is 0. The van der Waals surface area contributed by atoms with Crippen molar-refractivity contribution in [1.82, 2.24) is 5.32 Å². The number of hydrogen-bond donors (Lipinski definition) is 1. The molecule has 1 aliphatic heterocycles. The first kappa shape index (κ1) is 12.6. The molecule has 2 nitrogen and oxygen atoms in total. The Labute approximate surface area is 101 Å². The molecule has 1 saturated heterocycles. The van der Waals surface area contributed by atoms with E-state index in [0.717, 1.165) is 24.4 Å². The molecule has 3 heteroatoms. The molecule has 0 aromatic carbocycles. The number of piperidine rings is 1. The van der Waals surface area contributed by atoms with Gasteiger partial charge in [0.15, 0.2) is 8.32 Å². The van der Waals surface area contributed by atoms with Crippen molar-refractivity contribution in [2.24, 2.45) is 17.8 Å². The molecule has 1 heterocycles. The largest absolute Gasteiger partial charge is 0.417 e. The van der Waals surface area contributed by atoms with E-state index < -0.39 is 8.32 Å². The second-order valence-corrected chi connectivity index (χ2v) is 11.9. The number of rotatable bonds is 4. The van der Waals surface area contributed by atoms with Gasteiger partial charge in [0.1, 0.15) is 0 Å². The zero-order chi connectivity index (χ0) is 12.0. The lowest BCUT2D eigenvalue weighted by molar-refractivity contribution is 0.268. The van der Waals surface area contributed by atoms with Crippen LogP contribution in [0.3, 0.4) is 0 Å². The van der Waals surface area contributed by atoms with E-state index in [4.69, 9.17) is 4.43 Å². The highest BCUT2D eigenvalue weighted by molar-refractivity contribution is 6.74.